The number of benzene rings is 1. The van der Waals surface area contributed by atoms with Gasteiger partial charge in [0.2, 0.25) is 0 Å². The van der Waals surface area contributed by atoms with Crippen LogP contribution in [0.1, 0.15) is 20.8 Å². The Balaban J connectivity index is 0. The van der Waals surface area contributed by atoms with Crippen LogP contribution >= 0.6 is 0 Å². The molecule has 0 aliphatic heterocycles. The van der Waals surface area contributed by atoms with Crippen molar-refractivity contribution < 1.29 is 15.3 Å². The van der Waals surface area contributed by atoms with Gasteiger partial charge in [0, 0.05) is 6.54 Å². The van der Waals surface area contributed by atoms with Gasteiger partial charge in [0.15, 0.2) is 11.5 Å². The first-order valence-corrected chi connectivity index (χ1v) is 5.73. The number of aliphatic hydroxyl groups is 1. The summed E-state index contributed by atoms with van der Waals surface area (Å²) in [5, 5.41) is 26.0. The summed E-state index contributed by atoms with van der Waals surface area (Å²) in [5.41, 5.74) is 0. The maximum atomic E-state index is 8.68. The molecule has 0 spiro atoms. The molecule has 0 amide bonds. The van der Waals surface area contributed by atoms with E-state index in [1.165, 1.54) is 12.1 Å². The normalized spacial score (nSPS) is 10.8. The van der Waals surface area contributed by atoms with Crippen LogP contribution in [0.3, 0.4) is 0 Å². The Morgan fingerprint density at radius 2 is 1.41 bits per heavy atom. The third-order valence-electron chi connectivity index (χ3n) is 1.51. The largest absolute Gasteiger partial charge is 0.504 e. The fraction of sp³-hybridized carbons (Fsp3) is 0.538. The highest BCUT2D eigenvalue weighted by atomic mass is 16.3. The Morgan fingerprint density at radius 3 is 1.53 bits per heavy atom. The lowest BCUT2D eigenvalue weighted by atomic mass is 10.3. The van der Waals surface area contributed by atoms with E-state index in [0.717, 1.165) is 6.54 Å². The third-order valence-corrected chi connectivity index (χ3v) is 1.51. The maximum absolute atomic E-state index is 8.68. The molecule has 0 bridgehead atoms. The summed E-state index contributed by atoms with van der Waals surface area (Å²) in [6.07, 6.45) is -0.199. The van der Waals surface area contributed by atoms with Crippen LogP contribution in [0.4, 0.5) is 0 Å². The van der Waals surface area contributed by atoms with Crippen LogP contribution in [0.2, 0.25) is 0 Å². The van der Waals surface area contributed by atoms with Crippen LogP contribution in [-0.2, 0) is 0 Å². The zero-order valence-electron chi connectivity index (χ0n) is 11.4. The lowest BCUT2D eigenvalue weighted by Gasteiger charge is -2.10. The molecule has 100 valence electrons. The molecule has 0 aliphatic rings. The molecule has 0 aliphatic carbocycles. The van der Waals surface area contributed by atoms with Crippen LogP contribution in [-0.4, -0.2) is 47.0 Å². The van der Waals surface area contributed by atoms with Gasteiger partial charge in [0.1, 0.15) is 0 Å². The Hall–Kier alpha value is -1.26. The van der Waals surface area contributed by atoms with E-state index in [-0.39, 0.29) is 17.6 Å². The number of hydrogen-bond acceptors (Lipinski definition) is 4. The number of aromatic hydroxyl groups is 2. The summed E-state index contributed by atoms with van der Waals surface area (Å²) in [6, 6.07) is 6.15. The standard InChI is InChI=1S/C6H6O2.C5H13NO.C2H6/c7-5-3-1-2-4-6(5)8;1-5(7)4-6(2)3;1-2/h1-4,7-8H;5,7H,4H2,1-3H3;1-2H3. The van der Waals surface area contributed by atoms with Crippen molar-refractivity contribution in [1.82, 2.24) is 4.90 Å². The first-order chi connectivity index (χ1) is 7.93. The molecule has 3 N–H and O–H groups in total. The maximum Gasteiger partial charge on any atom is 0.157 e. The molecule has 1 rings (SSSR count). The Morgan fingerprint density at radius 1 is 1.06 bits per heavy atom. The van der Waals surface area contributed by atoms with Crippen molar-refractivity contribution in [3.63, 3.8) is 0 Å². The minimum Gasteiger partial charge on any atom is -0.504 e. The Bertz CT molecular complexity index is 248. The minimum absolute atomic E-state index is 0.0764. The van der Waals surface area contributed by atoms with Crippen LogP contribution in [0.5, 0.6) is 11.5 Å². The van der Waals surface area contributed by atoms with E-state index in [0.29, 0.717) is 0 Å². The highest BCUT2D eigenvalue weighted by Crippen LogP contribution is 2.21. The molecule has 0 saturated carbocycles. The van der Waals surface area contributed by atoms with Crippen molar-refractivity contribution >= 4 is 0 Å². The second kappa shape index (κ2) is 11.2. The van der Waals surface area contributed by atoms with Crippen molar-refractivity contribution in [2.45, 2.75) is 26.9 Å². The molecule has 0 aromatic heterocycles. The van der Waals surface area contributed by atoms with Gasteiger partial charge in [-0.2, -0.15) is 0 Å². The van der Waals surface area contributed by atoms with Gasteiger partial charge < -0.3 is 20.2 Å². The zero-order valence-corrected chi connectivity index (χ0v) is 11.4. The summed E-state index contributed by atoms with van der Waals surface area (Å²) < 4.78 is 0. The average Bonchev–Trinajstić information content (AvgIpc) is 2.24. The predicted molar refractivity (Wildman–Crippen MR) is 71.4 cm³/mol. The van der Waals surface area contributed by atoms with E-state index in [4.69, 9.17) is 15.3 Å². The second-order valence-corrected chi connectivity index (χ2v) is 3.60. The van der Waals surface area contributed by atoms with Crippen molar-refractivity contribution in [2.75, 3.05) is 20.6 Å². The van der Waals surface area contributed by atoms with E-state index in [2.05, 4.69) is 0 Å². The molecule has 0 heterocycles. The van der Waals surface area contributed by atoms with E-state index < -0.39 is 0 Å². The summed E-state index contributed by atoms with van der Waals surface area (Å²) in [6.45, 7) is 6.53. The van der Waals surface area contributed by atoms with Gasteiger partial charge in [-0.25, -0.2) is 0 Å². The third kappa shape index (κ3) is 12.7. The molecule has 17 heavy (non-hydrogen) atoms. The molecule has 4 heteroatoms. The fourth-order valence-electron chi connectivity index (χ4n) is 0.993. The van der Waals surface area contributed by atoms with E-state index in [9.17, 15) is 0 Å². The molecule has 1 unspecified atom stereocenters. The smallest absolute Gasteiger partial charge is 0.157 e. The molecule has 4 nitrogen and oxygen atoms in total. The number of para-hydroxylation sites is 2. The number of phenolic OH excluding ortho intramolecular Hbond substituents is 2. The van der Waals surface area contributed by atoms with Crippen molar-refractivity contribution in [1.29, 1.82) is 0 Å². The molecule has 0 radical (unpaired) electrons. The number of likely N-dealkylation sites (N-methyl/N-ethyl adjacent to an activating group) is 1. The number of nitrogens with zero attached hydrogens (tertiary/aromatic N) is 1. The molecule has 1 atom stereocenters. The number of aliphatic hydroxyl groups excluding tert-OH is 1. The SMILES string of the molecule is CC.CC(O)CN(C)C.Oc1ccccc1O. The molecule has 0 saturated heterocycles. The lowest BCUT2D eigenvalue weighted by Crippen LogP contribution is -2.22. The van der Waals surface area contributed by atoms with E-state index >= 15 is 0 Å². The lowest BCUT2D eigenvalue weighted by molar-refractivity contribution is 0.154. The Labute approximate surface area is 104 Å². The monoisotopic (exact) mass is 243 g/mol. The fourth-order valence-corrected chi connectivity index (χ4v) is 0.993. The Kier molecular flexibility index (Phi) is 12.0. The molecular formula is C13H25NO3. The topological polar surface area (TPSA) is 63.9 Å². The van der Waals surface area contributed by atoms with Crippen LogP contribution in [0.25, 0.3) is 0 Å². The van der Waals surface area contributed by atoms with Gasteiger partial charge in [0.05, 0.1) is 6.10 Å². The number of phenols is 2. The van der Waals surface area contributed by atoms with Crippen LogP contribution in [0.15, 0.2) is 24.3 Å². The highest BCUT2D eigenvalue weighted by Gasteiger charge is 1.93. The summed E-state index contributed by atoms with van der Waals surface area (Å²) >= 11 is 0. The number of hydrogen-bond donors (Lipinski definition) is 3. The van der Waals surface area contributed by atoms with Gasteiger partial charge in [0.25, 0.3) is 0 Å². The average molecular weight is 243 g/mol. The molecule has 1 aromatic rings. The highest BCUT2D eigenvalue weighted by molar-refractivity contribution is 5.36. The zero-order chi connectivity index (χ0) is 13.8. The van der Waals surface area contributed by atoms with E-state index in [1.807, 2.05) is 32.8 Å². The van der Waals surface area contributed by atoms with Gasteiger partial charge in [-0.15, -0.1) is 0 Å². The minimum atomic E-state index is -0.199. The van der Waals surface area contributed by atoms with Crippen molar-refractivity contribution in [3.8, 4) is 11.5 Å². The number of rotatable bonds is 2. The summed E-state index contributed by atoms with van der Waals surface area (Å²) in [4.78, 5) is 1.95. The van der Waals surface area contributed by atoms with Crippen molar-refractivity contribution in [3.05, 3.63) is 24.3 Å². The van der Waals surface area contributed by atoms with Crippen LogP contribution in [0, 0.1) is 0 Å². The van der Waals surface area contributed by atoms with Gasteiger partial charge >= 0.3 is 0 Å². The first-order valence-electron chi connectivity index (χ1n) is 5.73. The van der Waals surface area contributed by atoms with Gasteiger partial charge in [-0.1, -0.05) is 26.0 Å². The predicted octanol–water partition coefficient (Wildman–Crippen LogP) is 2.05. The molecular weight excluding hydrogens is 218 g/mol. The quantitative estimate of drug-likeness (QED) is 0.696. The van der Waals surface area contributed by atoms with Gasteiger partial charge in [-0.3, -0.25) is 0 Å². The first kappa shape index (κ1) is 18.1. The summed E-state index contributed by atoms with van der Waals surface area (Å²) in [7, 11) is 3.87. The van der Waals surface area contributed by atoms with Crippen LogP contribution < -0.4 is 0 Å². The van der Waals surface area contributed by atoms with Crippen molar-refractivity contribution in [2.24, 2.45) is 0 Å². The molecule has 0 fully saturated rings. The van der Waals surface area contributed by atoms with Gasteiger partial charge in [-0.05, 0) is 33.2 Å². The summed E-state index contributed by atoms with van der Waals surface area (Å²) in [5.74, 6) is -0.153. The second-order valence-electron chi connectivity index (χ2n) is 3.60. The molecule has 1 aromatic carbocycles. The van der Waals surface area contributed by atoms with E-state index in [1.54, 1.807) is 19.1 Å².